The lowest BCUT2D eigenvalue weighted by molar-refractivity contribution is -0.147. The Hall–Kier alpha value is -4.30. The number of Topliss-reactive ketones (excluding diaryl/α,β-unsaturated/α-hetero) is 2. The molecule has 0 aliphatic heterocycles. The molecule has 1 amide bonds. The van der Waals surface area contributed by atoms with Crippen LogP contribution < -0.4 is 5.32 Å². The molecule has 190 valence electrons. The van der Waals surface area contributed by atoms with Crippen molar-refractivity contribution in [3.63, 3.8) is 0 Å². The molecule has 37 heavy (non-hydrogen) atoms. The monoisotopic (exact) mass is 521 g/mol. The molecule has 1 N–H and O–H groups in total. The summed E-state index contributed by atoms with van der Waals surface area (Å²) >= 11 is 5.81. The Morgan fingerprint density at radius 1 is 0.784 bits per heavy atom. The van der Waals surface area contributed by atoms with Gasteiger partial charge >= 0.3 is 11.9 Å². The number of hydrogen-bond acceptors (Lipinski definition) is 7. The second kappa shape index (κ2) is 13.1. The first-order valence-corrected chi connectivity index (χ1v) is 11.8. The molecule has 1 atom stereocenters. The number of carbonyl (C=O) groups excluding carboxylic acids is 5. The average Bonchev–Trinajstić information content (AvgIpc) is 2.91. The smallest absolute Gasteiger partial charge is 0.338 e. The fraction of sp³-hybridized carbons (Fsp3) is 0.179. The highest BCUT2D eigenvalue weighted by molar-refractivity contribution is 6.30. The first-order valence-electron chi connectivity index (χ1n) is 11.4. The Morgan fingerprint density at radius 3 is 2.05 bits per heavy atom. The summed E-state index contributed by atoms with van der Waals surface area (Å²) < 4.78 is 10.2. The van der Waals surface area contributed by atoms with E-state index in [-0.39, 0.29) is 36.6 Å². The predicted octanol–water partition coefficient (Wildman–Crippen LogP) is 4.91. The van der Waals surface area contributed by atoms with Gasteiger partial charge in [-0.3, -0.25) is 19.2 Å². The van der Waals surface area contributed by atoms with Crippen LogP contribution >= 0.6 is 11.6 Å². The van der Waals surface area contributed by atoms with Crippen LogP contribution in [0.3, 0.4) is 0 Å². The standard InChI is InChI=1S/C28H24ClNO7/c1-18(27(34)20-7-11-22(29)12-8-20)37-26(33)16-15-25(32)30-23-13-9-21(10-14-23)28(35)36-17-24(31)19-5-3-2-4-6-19/h2-14,18H,15-17H2,1H3,(H,30,32)/t18-/m0/s1. The Kier molecular flexibility index (Phi) is 9.69. The molecule has 8 nitrogen and oxygen atoms in total. The van der Waals surface area contributed by atoms with Crippen molar-refractivity contribution in [3.05, 3.63) is 101 Å². The molecule has 0 aliphatic carbocycles. The highest BCUT2D eigenvalue weighted by Crippen LogP contribution is 2.14. The van der Waals surface area contributed by atoms with E-state index in [1.165, 1.54) is 43.3 Å². The van der Waals surface area contributed by atoms with Gasteiger partial charge in [0.15, 0.2) is 18.5 Å². The summed E-state index contributed by atoms with van der Waals surface area (Å²) in [5.74, 6) is -2.50. The van der Waals surface area contributed by atoms with Crippen molar-refractivity contribution >= 4 is 46.7 Å². The molecule has 0 saturated heterocycles. The highest BCUT2D eigenvalue weighted by atomic mass is 35.5. The van der Waals surface area contributed by atoms with E-state index in [9.17, 15) is 24.0 Å². The van der Waals surface area contributed by atoms with Crippen LogP contribution in [0.5, 0.6) is 0 Å². The van der Waals surface area contributed by atoms with E-state index in [0.29, 0.717) is 21.8 Å². The third-order valence-corrected chi connectivity index (χ3v) is 5.45. The van der Waals surface area contributed by atoms with E-state index >= 15 is 0 Å². The maximum atomic E-state index is 12.3. The van der Waals surface area contributed by atoms with Crippen molar-refractivity contribution in [1.29, 1.82) is 0 Å². The minimum atomic E-state index is -1.01. The summed E-state index contributed by atoms with van der Waals surface area (Å²) in [7, 11) is 0. The molecule has 3 aromatic rings. The first-order chi connectivity index (χ1) is 17.7. The number of halogens is 1. The maximum Gasteiger partial charge on any atom is 0.338 e. The molecule has 0 heterocycles. The first kappa shape index (κ1) is 27.3. The second-order valence-corrected chi connectivity index (χ2v) is 8.43. The van der Waals surface area contributed by atoms with Gasteiger partial charge in [-0.2, -0.15) is 0 Å². The Bertz CT molecular complexity index is 1270. The van der Waals surface area contributed by atoms with Gasteiger partial charge in [0.25, 0.3) is 0 Å². The lowest BCUT2D eigenvalue weighted by Crippen LogP contribution is -2.25. The summed E-state index contributed by atoms with van der Waals surface area (Å²) in [6, 6.07) is 20.6. The molecular formula is C28H24ClNO7. The number of anilines is 1. The van der Waals surface area contributed by atoms with E-state index < -0.39 is 23.9 Å². The molecule has 0 unspecified atom stereocenters. The van der Waals surface area contributed by atoms with Gasteiger partial charge in [-0.25, -0.2) is 4.79 Å². The van der Waals surface area contributed by atoms with Gasteiger partial charge < -0.3 is 14.8 Å². The minimum Gasteiger partial charge on any atom is -0.454 e. The zero-order valence-electron chi connectivity index (χ0n) is 19.9. The van der Waals surface area contributed by atoms with E-state index in [2.05, 4.69) is 5.32 Å². The van der Waals surface area contributed by atoms with Crippen molar-refractivity contribution in [2.45, 2.75) is 25.9 Å². The Labute approximate surface area is 218 Å². The number of rotatable bonds is 11. The van der Waals surface area contributed by atoms with Crippen LogP contribution in [0.4, 0.5) is 5.69 Å². The predicted molar refractivity (Wildman–Crippen MR) is 137 cm³/mol. The average molecular weight is 522 g/mol. The number of hydrogen-bond donors (Lipinski definition) is 1. The SMILES string of the molecule is C[C@H](OC(=O)CCC(=O)Nc1ccc(C(=O)OCC(=O)c2ccccc2)cc1)C(=O)c1ccc(Cl)cc1. The van der Waals surface area contributed by atoms with Crippen molar-refractivity contribution in [1.82, 2.24) is 0 Å². The van der Waals surface area contributed by atoms with Crippen LogP contribution in [0.1, 0.15) is 50.8 Å². The molecule has 0 spiro atoms. The van der Waals surface area contributed by atoms with Gasteiger partial charge in [0, 0.05) is 28.3 Å². The van der Waals surface area contributed by atoms with E-state index in [4.69, 9.17) is 21.1 Å². The molecule has 0 bridgehead atoms. The van der Waals surface area contributed by atoms with Gasteiger partial charge in [0.05, 0.1) is 12.0 Å². The summed E-state index contributed by atoms with van der Waals surface area (Å²) in [6.45, 7) is 1.07. The quantitative estimate of drug-likeness (QED) is 0.281. The topological polar surface area (TPSA) is 116 Å². The summed E-state index contributed by atoms with van der Waals surface area (Å²) in [5.41, 5.74) is 1.42. The summed E-state index contributed by atoms with van der Waals surface area (Å²) in [4.78, 5) is 60.8. The maximum absolute atomic E-state index is 12.3. The van der Waals surface area contributed by atoms with Crippen LogP contribution in [-0.4, -0.2) is 42.1 Å². The lowest BCUT2D eigenvalue weighted by Gasteiger charge is -2.12. The van der Waals surface area contributed by atoms with Crippen LogP contribution in [0.15, 0.2) is 78.9 Å². The number of carbonyl (C=O) groups is 5. The number of esters is 2. The molecule has 3 rings (SSSR count). The number of ether oxygens (including phenoxy) is 2. The molecule has 0 radical (unpaired) electrons. The van der Waals surface area contributed by atoms with E-state index in [1.54, 1.807) is 42.5 Å². The Morgan fingerprint density at radius 2 is 1.41 bits per heavy atom. The zero-order valence-corrected chi connectivity index (χ0v) is 20.7. The third-order valence-electron chi connectivity index (χ3n) is 5.20. The van der Waals surface area contributed by atoms with E-state index in [0.717, 1.165) is 0 Å². The molecule has 9 heteroatoms. The highest BCUT2D eigenvalue weighted by Gasteiger charge is 2.20. The van der Waals surface area contributed by atoms with E-state index in [1.807, 2.05) is 0 Å². The van der Waals surface area contributed by atoms with Crippen LogP contribution in [0.2, 0.25) is 5.02 Å². The fourth-order valence-corrected chi connectivity index (χ4v) is 3.33. The number of nitrogens with one attached hydrogen (secondary N) is 1. The van der Waals surface area contributed by atoms with Gasteiger partial charge in [-0.15, -0.1) is 0 Å². The zero-order chi connectivity index (χ0) is 26.8. The van der Waals surface area contributed by atoms with Gasteiger partial charge in [0.1, 0.15) is 0 Å². The largest absolute Gasteiger partial charge is 0.454 e. The minimum absolute atomic E-state index is 0.161. The number of benzene rings is 3. The molecule has 0 fully saturated rings. The Balaban J connectivity index is 1.40. The normalized spacial score (nSPS) is 11.2. The molecule has 3 aromatic carbocycles. The fourth-order valence-electron chi connectivity index (χ4n) is 3.21. The van der Waals surface area contributed by atoms with Crippen LogP contribution in [-0.2, 0) is 19.1 Å². The van der Waals surface area contributed by atoms with Crippen molar-refractivity contribution in [2.24, 2.45) is 0 Å². The molecule has 0 aliphatic rings. The number of amides is 1. The molecule has 0 saturated carbocycles. The van der Waals surface area contributed by atoms with Crippen LogP contribution in [0.25, 0.3) is 0 Å². The van der Waals surface area contributed by atoms with Gasteiger partial charge in [-0.05, 0) is 55.5 Å². The summed E-state index contributed by atoms with van der Waals surface area (Å²) in [6.07, 6.45) is -1.39. The summed E-state index contributed by atoms with van der Waals surface area (Å²) in [5, 5.41) is 3.09. The van der Waals surface area contributed by atoms with Crippen molar-refractivity contribution in [2.75, 3.05) is 11.9 Å². The van der Waals surface area contributed by atoms with Gasteiger partial charge in [0.2, 0.25) is 11.7 Å². The van der Waals surface area contributed by atoms with Gasteiger partial charge in [-0.1, -0.05) is 41.9 Å². The van der Waals surface area contributed by atoms with Crippen molar-refractivity contribution in [3.8, 4) is 0 Å². The third kappa shape index (κ3) is 8.40. The lowest BCUT2D eigenvalue weighted by atomic mass is 10.1. The molecule has 0 aromatic heterocycles. The molecular weight excluding hydrogens is 498 g/mol. The van der Waals surface area contributed by atoms with Crippen LogP contribution in [0, 0.1) is 0 Å². The second-order valence-electron chi connectivity index (χ2n) is 7.99. The number of ketones is 2. The van der Waals surface area contributed by atoms with Crippen molar-refractivity contribution < 1.29 is 33.4 Å².